The highest BCUT2D eigenvalue weighted by Gasteiger charge is 2.21. The third-order valence-electron chi connectivity index (χ3n) is 3.72. The molecule has 1 aliphatic heterocycles. The fourth-order valence-corrected chi connectivity index (χ4v) is 2.91. The van der Waals surface area contributed by atoms with E-state index in [0.29, 0.717) is 37.4 Å². The number of fused-ring (bicyclic) bond motifs is 1. The molecule has 0 spiro atoms. The summed E-state index contributed by atoms with van der Waals surface area (Å²) in [5, 5.41) is 2.69. The molecule has 7 nitrogen and oxygen atoms in total. The predicted molar refractivity (Wildman–Crippen MR) is 88.8 cm³/mol. The molecule has 1 unspecified atom stereocenters. The minimum atomic E-state index is -0.357. The minimum Gasteiger partial charge on any atom is -0.381 e. The van der Waals surface area contributed by atoms with Crippen LogP contribution in [0.1, 0.15) is 27.3 Å². The van der Waals surface area contributed by atoms with E-state index in [1.165, 1.54) is 16.6 Å². The molecule has 2 aromatic heterocycles. The highest BCUT2D eigenvalue weighted by molar-refractivity contribution is 7.14. The number of nitrogens with one attached hydrogen (secondary N) is 1. The average molecular weight is 332 g/mol. The first-order valence-electron chi connectivity index (χ1n) is 7.27. The number of nitrogens with zero attached hydrogens (tertiary/aromatic N) is 3. The Labute approximate surface area is 135 Å². The summed E-state index contributed by atoms with van der Waals surface area (Å²) < 4.78 is 6.97. The number of aromatic nitrogens is 3. The van der Waals surface area contributed by atoms with Gasteiger partial charge in [-0.05, 0) is 28.3 Å². The van der Waals surface area contributed by atoms with Crippen LogP contribution in [0, 0.1) is 6.92 Å². The van der Waals surface area contributed by atoms with Gasteiger partial charge in [0.1, 0.15) is 0 Å². The van der Waals surface area contributed by atoms with Crippen LogP contribution in [0.4, 0.5) is 5.82 Å². The van der Waals surface area contributed by atoms with Crippen molar-refractivity contribution in [2.24, 2.45) is 0 Å². The van der Waals surface area contributed by atoms with Crippen molar-refractivity contribution in [2.75, 3.05) is 18.5 Å². The van der Waals surface area contributed by atoms with Crippen LogP contribution in [0.3, 0.4) is 0 Å². The van der Waals surface area contributed by atoms with E-state index in [0.717, 1.165) is 17.0 Å². The summed E-state index contributed by atoms with van der Waals surface area (Å²) in [7, 11) is 2.40. The van der Waals surface area contributed by atoms with Gasteiger partial charge in [0.15, 0.2) is 5.82 Å². The van der Waals surface area contributed by atoms with Crippen LogP contribution in [0.25, 0.3) is 0 Å². The molecule has 0 aliphatic carbocycles. The van der Waals surface area contributed by atoms with E-state index in [4.69, 9.17) is 4.74 Å². The van der Waals surface area contributed by atoms with E-state index in [9.17, 15) is 9.59 Å². The van der Waals surface area contributed by atoms with E-state index < -0.39 is 0 Å². The Bertz CT molecular complexity index is 802. The molecule has 3 rings (SSSR count). The van der Waals surface area contributed by atoms with Crippen molar-refractivity contribution in [1.29, 1.82) is 0 Å². The van der Waals surface area contributed by atoms with Crippen LogP contribution in [0.5, 0.6) is 0 Å². The molecule has 1 N–H and O–H groups in total. The molecule has 1 atom stereocenters. The molecule has 0 saturated carbocycles. The van der Waals surface area contributed by atoms with Gasteiger partial charge in [-0.3, -0.25) is 18.9 Å². The van der Waals surface area contributed by atoms with Gasteiger partial charge < -0.3 is 10.1 Å². The van der Waals surface area contributed by atoms with E-state index in [1.54, 1.807) is 6.20 Å². The summed E-state index contributed by atoms with van der Waals surface area (Å²) in [5.41, 5.74) is 2.56. The van der Waals surface area contributed by atoms with Crippen molar-refractivity contribution < 1.29 is 9.53 Å². The van der Waals surface area contributed by atoms with Gasteiger partial charge in [0.05, 0.1) is 36.9 Å². The number of carbonyl (C=O) groups is 1. The molecule has 0 fully saturated rings. The van der Waals surface area contributed by atoms with Crippen LogP contribution in [0.15, 0.2) is 23.3 Å². The fourth-order valence-electron chi connectivity index (χ4n) is 2.55. The zero-order valence-electron chi connectivity index (χ0n) is 12.7. The van der Waals surface area contributed by atoms with E-state index in [1.807, 2.05) is 6.92 Å². The summed E-state index contributed by atoms with van der Waals surface area (Å²) in [4.78, 5) is 32.9. The summed E-state index contributed by atoms with van der Waals surface area (Å²) in [5.74, 6) is -0.00160. The Hall–Kier alpha value is -2.11. The lowest BCUT2D eigenvalue weighted by molar-refractivity contribution is 0.102. The molecule has 0 aromatic carbocycles. The second-order valence-electron chi connectivity index (χ2n) is 5.30. The third-order valence-corrected chi connectivity index (χ3v) is 4.28. The number of pyridine rings is 1. The Morgan fingerprint density at radius 2 is 2.09 bits per heavy atom. The van der Waals surface area contributed by atoms with Crippen LogP contribution in [-0.4, -0.2) is 33.4 Å². The maximum Gasteiger partial charge on any atom is 0.257 e. The summed E-state index contributed by atoms with van der Waals surface area (Å²) >= 11 is 0. The van der Waals surface area contributed by atoms with Crippen LogP contribution < -0.4 is 10.9 Å². The Morgan fingerprint density at radius 3 is 2.83 bits per heavy atom. The molecule has 0 bridgehead atoms. The Balaban J connectivity index is 1.98. The molecule has 0 radical (unpaired) electrons. The quantitative estimate of drug-likeness (QED) is 0.828. The number of hydrogen-bond donors (Lipinski definition) is 1. The maximum atomic E-state index is 12.6. The molecule has 1 aliphatic rings. The third kappa shape index (κ3) is 3.30. The number of hydrogen-bond acceptors (Lipinski definition) is 5. The normalized spacial score (nSPS) is 14.0. The first-order chi connectivity index (χ1) is 11.1. The Kier molecular flexibility index (Phi) is 4.50. The van der Waals surface area contributed by atoms with Gasteiger partial charge >= 0.3 is 0 Å². The summed E-state index contributed by atoms with van der Waals surface area (Å²) in [6.07, 6.45) is 4.25. The van der Waals surface area contributed by atoms with Gasteiger partial charge in [0.25, 0.3) is 11.5 Å². The number of amides is 1. The minimum absolute atomic E-state index is 0.240. The van der Waals surface area contributed by atoms with Gasteiger partial charge in [-0.1, -0.05) is 0 Å². The van der Waals surface area contributed by atoms with Crippen LogP contribution in [0.2, 0.25) is 0 Å². The molecule has 0 saturated heterocycles. The van der Waals surface area contributed by atoms with E-state index in [-0.39, 0.29) is 11.5 Å². The highest BCUT2D eigenvalue weighted by Crippen LogP contribution is 2.20. The van der Waals surface area contributed by atoms with Crippen LogP contribution >= 0.6 is 9.39 Å². The average Bonchev–Trinajstić information content (AvgIpc) is 2.79. The number of anilines is 1. The second kappa shape index (κ2) is 6.56. The van der Waals surface area contributed by atoms with Crippen molar-refractivity contribution in [3.63, 3.8) is 0 Å². The molecule has 23 heavy (non-hydrogen) atoms. The van der Waals surface area contributed by atoms with Crippen molar-refractivity contribution in [3.8, 4) is 0 Å². The summed E-state index contributed by atoms with van der Waals surface area (Å²) in [6.45, 7) is 2.88. The number of carbonyl (C=O) groups excluding carboxylic acids is 1. The molecular weight excluding hydrogens is 315 g/mol. The van der Waals surface area contributed by atoms with Gasteiger partial charge in [-0.2, -0.15) is 0 Å². The lowest BCUT2D eigenvalue weighted by Crippen LogP contribution is -2.25. The topological polar surface area (TPSA) is 86.1 Å². The monoisotopic (exact) mass is 332 g/mol. The van der Waals surface area contributed by atoms with Gasteiger partial charge in [0.2, 0.25) is 0 Å². The lowest BCUT2D eigenvalue weighted by atomic mass is 10.0. The molecule has 3 heterocycles. The maximum absolute atomic E-state index is 12.6. The van der Waals surface area contributed by atoms with Gasteiger partial charge in [-0.25, -0.2) is 4.98 Å². The van der Waals surface area contributed by atoms with Gasteiger partial charge in [-0.15, -0.1) is 0 Å². The summed E-state index contributed by atoms with van der Waals surface area (Å²) in [6, 6.07) is 1.36. The van der Waals surface area contributed by atoms with E-state index >= 15 is 0 Å². The van der Waals surface area contributed by atoms with Crippen LogP contribution in [-0.2, 0) is 17.6 Å². The SMILES string of the molecule is Cc1cnc(NC(=O)c2cc(=O)n(P)c3c2CCOCC3)cn1. The zero-order valence-corrected chi connectivity index (χ0v) is 13.9. The van der Waals surface area contributed by atoms with E-state index in [2.05, 4.69) is 24.7 Å². The Morgan fingerprint density at radius 1 is 1.30 bits per heavy atom. The number of rotatable bonds is 2. The molecular formula is C15H17N4O3P. The molecule has 1 amide bonds. The molecule has 120 valence electrons. The predicted octanol–water partition coefficient (Wildman–Crippen LogP) is 0.952. The first-order valence-corrected chi connectivity index (χ1v) is 7.78. The lowest BCUT2D eigenvalue weighted by Gasteiger charge is -2.15. The first kappa shape index (κ1) is 15.8. The van der Waals surface area contributed by atoms with Crippen molar-refractivity contribution in [2.45, 2.75) is 19.8 Å². The number of ether oxygens (including phenoxy) is 1. The largest absolute Gasteiger partial charge is 0.381 e. The molecule has 8 heteroatoms. The zero-order chi connectivity index (χ0) is 16.4. The second-order valence-corrected chi connectivity index (χ2v) is 5.82. The highest BCUT2D eigenvalue weighted by atomic mass is 31.0. The van der Waals surface area contributed by atoms with Crippen molar-refractivity contribution in [3.05, 3.63) is 51.3 Å². The van der Waals surface area contributed by atoms with Crippen molar-refractivity contribution >= 4 is 21.1 Å². The van der Waals surface area contributed by atoms with Gasteiger partial charge in [0, 0.05) is 18.2 Å². The molecule has 2 aromatic rings. The fraction of sp³-hybridized carbons (Fsp3) is 0.333. The number of aryl methyl sites for hydroxylation is 1. The van der Waals surface area contributed by atoms with Crippen molar-refractivity contribution in [1.82, 2.24) is 14.3 Å². The smallest absolute Gasteiger partial charge is 0.257 e. The standard InChI is InChI=1S/C15H17N4O3P/c1-9-7-17-13(8-16-9)18-15(21)11-6-14(20)19(23)12-3-5-22-4-2-10(11)12/h6-8H,2-5,23H2,1H3,(H,17,18,21).